The molecule has 0 saturated heterocycles. The molecular formula is C17H20N2O2. The first-order chi connectivity index (χ1) is 10.0. The normalized spacial score (nSPS) is 11.8. The van der Waals surface area contributed by atoms with Crippen LogP contribution in [0.3, 0.4) is 0 Å². The van der Waals surface area contributed by atoms with Gasteiger partial charge in [-0.3, -0.25) is 4.79 Å². The van der Waals surface area contributed by atoms with Gasteiger partial charge in [-0.05, 0) is 37.3 Å². The molecular weight excluding hydrogens is 264 g/mol. The van der Waals surface area contributed by atoms with Gasteiger partial charge in [0, 0.05) is 23.9 Å². The van der Waals surface area contributed by atoms with Gasteiger partial charge in [0.05, 0.1) is 13.2 Å². The number of carbonyl (C=O) groups is 1. The summed E-state index contributed by atoms with van der Waals surface area (Å²) in [5.41, 5.74) is 7.89. The first kappa shape index (κ1) is 14.9. The van der Waals surface area contributed by atoms with Crippen LogP contribution < -0.4 is 10.5 Å². The van der Waals surface area contributed by atoms with E-state index >= 15 is 0 Å². The lowest BCUT2D eigenvalue weighted by Gasteiger charge is -2.26. The SMILES string of the molecule is COc1ccccc1C(C)N(C)C(=O)c1ccc(N)cc1. The van der Waals surface area contributed by atoms with Crippen molar-refractivity contribution in [3.8, 4) is 5.75 Å². The molecule has 0 aliphatic heterocycles. The lowest BCUT2D eigenvalue weighted by Crippen LogP contribution is -2.29. The average Bonchev–Trinajstić information content (AvgIpc) is 2.53. The Morgan fingerprint density at radius 2 is 1.76 bits per heavy atom. The fourth-order valence-corrected chi connectivity index (χ4v) is 2.23. The van der Waals surface area contributed by atoms with Crippen molar-refractivity contribution in [2.45, 2.75) is 13.0 Å². The van der Waals surface area contributed by atoms with Crippen LogP contribution in [0.5, 0.6) is 5.75 Å². The summed E-state index contributed by atoms with van der Waals surface area (Å²) >= 11 is 0. The summed E-state index contributed by atoms with van der Waals surface area (Å²) < 4.78 is 5.36. The van der Waals surface area contributed by atoms with Gasteiger partial charge in [0.1, 0.15) is 5.75 Å². The lowest BCUT2D eigenvalue weighted by molar-refractivity contribution is 0.0741. The standard InChI is InChI=1S/C17H20N2O2/c1-12(15-6-4-5-7-16(15)21-3)19(2)17(20)13-8-10-14(18)11-9-13/h4-12H,18H2,1-3H3. The molecule has 110 valence electrons. The first-order valence-corrected chi connectivity index (χ1v) is 6.80. The second kappa shape index (κ2) is 6.31. The lowest BCUT2D eigenvalue weighted by atomic mass is 10.0. The minimum absolute atomic E-state index is 0.0478. The van der Waals surface area contributed by atoms with Crippen LogP contribution in [0.2, 0.25) is 0 Å². The van der Waals surface area contributed by atoms with Crippen molar-refractivity contribution in [3.05, 3.63) is 59.7 Å². The van der Waals surface area contributed by atoms with Crippen LogP contribution in [0.4, 0.5) is 5.69 Å². The van der Waals surface area contributed by atoms with Gasteiger partial charge in [0.15, 0.2) is 0 Å². The highest BCUT2D eigenvalue weighted by molar-refractivity contribution is 5.94. The molecule has 4 heteroatoms. The van der Waals surface area contributed by atoms with Gasteiger partial charge in [-0.1, -0.05) is 18.2 Å². The van der Waals surface area contributed by atoms with Crippen LogP contribution in [0, 0.1) is 0 Å². The summed E-state index contributed by atoms with van der Waals surface area (Å²) in [7, 11) is 3.42. The van der Waals surface area contributed by atoms with E-state index in [2.05, 4.69) is 0 Å². The molecule has 0 bridgehead atoms. The fourth-order valence-electron chi connectivity index (χ4n) is 2.23. The molecule has 2 aromatic carbocycles. The number of ether oxygens (including phenoxy) is 1. The van der Waals surface area contributed by atoms with Crippen LogP contribution >= 0.6 is 0 Å². The summed E-state index contributed by atoms with van der Waals surface area (Å²) in [5.74, 6) is 0.732. The number of methoxy groups -OCH3 is 1. The van der Waals surface area contributed by atoms with Crippen molar-refractivity contribution < 1.29 is 9.53 Å². The summed E-state index contributed by atoms with van der Waals surface area (Å²) in [5, 5.41) is 0. The Bertz CT molecular complexity index is 623. The molecule has 1 atom stereocenters. The topological polar surface area (TPSA) is 55.6 Å². The molecule has 0 aliphatic rings. The highest BCUT2D eigenvalue weighted by atomic mass is 16.5. The van der Waals surface area contributed by atoms with E-state index in [9.17, 15) is 4.79 Å². The van der Waals surface area contributed by atoms with Crippen molar-refractivity contribution in [2.75, 3.05) is 19.9 Å². The highest BCUT2D eigenvalue weighted by Gasteiger charge is 2.21. The summed E-state index contributed by atoms with van der Waals surface area (Å²) in [6, 6.07) is 14.6. The minimum Gasteiger partial charge on any atom is -0.496 e. The van der Waals surface area contributed by atoms with Gasteiger partial charge in [0.25, 0.3) is 5.91 Å². The molecule has 0 saturated carbocycles. The second-order valence-electron chi connectivity index (χ2n) is 4.96. The van der Waals surface area contributed by atoms with Crippen molar-refractivity contribution in [3.63, 3.8) is 0 Å². The highest BCUT2D eigenvalue weighted by Crippen LogP contribution is 2.28. The zero-order valence-corrected chi connectivity index (χ0v) is 12.5. The number of nitrogen functional groups attached to an aromatic ring is 1. The molecule has 2 N–H and O–H groups in total. The molecule has 0 heterocycles. The van der Waals surface area contributed by atoms with E-state index in [0.717, 1.165) is 11.3 Å². The smallest absolute Gasteiger partial charge is 0.254 e. The Balaban J connectivity index is 2.24. The zero-order valence-electron chi connectivity index (χ0n) is 12.5. The second-order valence-corrected chi connectivity index (χ2v) is 4.96. The third-order valence-corrected chi connectivity index (χ3v) is 3.65. The number of nitrogens with zero attached hydrogens (tertiary/aromatic N) is 1. The predicted octanol–water partition coefficient (Wildman–Crippen LogP) is 3.11. The first-order valence-electron chi connectivity index (χ1n) is 6.80. The molecule has 0 spiro atoms. The molecule has 1 amide bonds. The maximum Gasteiger partial charge on any atom is 0.254 e. The van der Waals surface area contributed by atoms with Crippen LogP contribution in [-0.2, 0) is 0 Å². The number of benzene rings is 2. The van der Waals surface area contributed by atoms with E-state index in [0.29, 0.717) is 11.3 Å². The van der Waals surface area contributed by atoms with Crippen molar-refractivity contribution in [1.29, 1.82) is 0 Å². The number of amides is 1. The largest absolute Gasteiger partial charge is 0.496 e. The number of hydrogen-bond donors (Lipinski definition) is 1. The molecule has 0 aromatic heterocycles. The van der Waals surface area contributed by atoms with Crippen LogP contribution in [0.15, 0.2) is 48.5 Å². The van der Waals surface area contributed by atoms with E-state index in [4.69, 9.17) is 10.5 Å². The number of rotatable bonds is 4. The van der Waals surface area contributed by atoms with E-state index in [-0.39, 0.29) is 11.9 Å². The molecule has 0 fully saturated rings. The molecule has 21 heavy (non-hydrogen) atoms. The Labute approximate surface area is 125 Å². The van der Waals surface area contributed by atoms with E-state index in [1.165, 1.54) is 0 Å². The van der Waals surface area contributed by atoms with Crippen molar-refractivity contribution in [1.82, 2.24) is 4.90 Å². The van der Waals surface area contributed by atoms with Crippen LogP contribution in [0.25, 0.3) is 0 Å². The van der Waals surface area contributed by atoms with E-state index < -0.39 is 0 Å². The number of hydrogen-bond acceptors (Lipinski definition) is 3. The number of para-hydroxylation sites is 1. The van der Waals surface area contributed by atoms with Gasteiger partial charge in [0.2, 0.25) is 0 Å². The van der Waals surface area contributed by atoms with Crippen LogP contribution in [-0.4, -0.2) is 25.0 Å². The van der Waals surface area contributed by atoms with Gasteiger partial charge in [-0.2, -0.15) is 0 Å². The average molecular weight is 284 g/mol. The van der Waals surface area contributed by atoms with Crippen LogP contribution in [0.1, 0.15) is 28.9 Å². The summed E-state index contributed by atoms with van der Waals surface area (Å²) in [6.45, 7) is 1.98. The van der Waals surface area contributed by atoms with Gasteiger partial charge >= 0.3 is 0 Å². The van der Waals surface area contributed by atoms with Crippen molar-refractivity contribution >= 4 is 11.6 Å². The molecule has 0 radical (unpaired) electrons. The summed E-state index contributed by atoms with van der Waals surface area (Å²) in [6.07, 6.45) is 0. The third kappa shape index (κ3) is 3.16. The maximum absolute atomic E-state index is 12.5. The molecule has 2 aromatic rings. The minimum atomic E-state index is -0.0915. The Hall–Kier alpha value is -2.49. The monoisotopic (exact) mass is 284 g/mol. The quantitative estimate of drug-likeness (QED) is 0.878. The molecule has 2 rings (SSSR count). The third-order valence-electron chi connectivity index (χ3n) is 3.65. The number of anilines is 1. The van der Waals surface area contributed by atoms with Gasteiger partial charge in [-0.15, -0.1) is 0 Å². The van der Waals surface area contributed by atoms with E-state index in [1.54, 1.807) is 43.3 Å². The number of carbonyl (C=O) groups excluding carboxylic acids is 1. The molecule has 1 unspecified atom stereocenters. The maximum atomic E-state index is 12.5. The van der Waals surface area contributed by atoms with Gasteiger partial charge < -0.3 is 15.4 Å². The number of nitrogens with two attached hydrogens (primary N) is 1. The molecule has 0 aliphatic carbocycles. The van der Waals surface area contributed by atoms with Crippen molar-refractivity contribution in [2.24, 2.45) is 0 Å². The zero-order chi connectivity index (χ0) is 15.4. The fraction of sp³-hybridized carbons (Fsp3) is 0.235. The molecule has 4 nitrogen and oxygen atoms in total. The Kier molecular flexibility index (Phi) is 4.48. The predicted molar refractivity (Wildman–Crippen MR) is 84.4 cm³/mol. The summed E-state index contributed by atoms with van der Waals surface area (Å²) in [4.78, 5) is 14.2. The van der Waals surface area contributed by atoms with Gasteiger partial charge in [-0.25, -0.2) is 0 Å². The van der Waals surface area contributed by atoms with E-state index in [1.807, 2.05) is 31.2 Å². The Morgan fingerprint density at radius 1 is 1.14 bits per heavy atom. The Morgan fingerprint density at radius 3 is 2.38 bits per heavy atom.